The highest BCUT2D eigenvalue weighted by molar-refractivity contribution is 5.98. The molecule has 0 bridgehead atoms. The average Bonchev–Trinajstić information content (AvgIpc) is 2.18. The van der Waals surface area contributed by atoms with Crippen molar-refractivity contribution in [3.05, 3.63) is 0 Å². The van der Waals surface area contributed by atoms with Gasteiger partial charge in [0, 0.05) is 19.5 Å². The van der Waals surface area contributed by atoms with Crippen LogP contribution in [-0.2, 0) is 9.59 Å². The molecule has 0 aliphatic rings. The highest BCUT2D eigenvalue weighted by Crippen LogP contribution is 1.82. The number of hydrogen-bond donors (Lipinski definition) is 4. The molecule has 0 atom stereocenters. The van der Waals surface area contributed by atoms with E-state index in [1.165, 1.54) is 0 Å². The van der Waals surface area contributed by atoms with E-state index in [-0.39, 0.29) is 37.0 Å². The van der Waals surface area contributed by atoms with Crippen LogP contribution in [0.2, 0.25) is 0 Å². The maximum absolute atomic E-state index is 11.0. The lowest BCUT2D eigenvalue weighted by Crippen LogP contribution is -2.32. The molecule has 7 heteroatoms. The molecule has 7 nitrogen and oxygen atoms in total. The highest BCUT2D eigenvalue weighted by atomic mass is 16.4. The first-order chi connectivity index (χ1) is 7.10. The summed E-state index contributed by atoms with van der Waals surface area (Å²) < 4.78 is 0. The molecule has 86 valence electrons. The summed E-state index contributed by atoms with van der Waals surface area (Å²) in [6.45, 7) is 2.62. The van der Waals surface area contributed by atoms with Gasteiger partial charge in [0.1, 0.15) is 5.84 Å². The quantitative estimate of drug-likeness (QED) is 0.192. The van der Waals surface area contributed by atoms with Gasteiger partial charge in [-0.1, -0.05) is 5.16 Å². The lowest BCUT2D eigenvalue weighted by Gasteiger charge is -2.04. The molecule has 15 heavy (non-hydrogen) atoms. The minimum atomic E-state index is -0.380. The number of nitrogens with two attached hydrogens (primary N) is 1. The highest BCUT2D eigenvalue weighted by Gasteiger charge is 2.05. The van der Waals surface area contributed by atoms with E-state index in [1.54, 1.807) is 0 Å². The summed E-state index contributed by atoms with van der Waals surface area (Å²) >= 11 is 0. The van der Waals surface area contributed by atoms with Crippen LogP contribution in [-0.4, -0.2) is 35.9 Å². The molecule has 0 aliphatic carbocycles. The number of amidine groups is 1. The summed E-state index contributed by atoms with van der Waals surface area (Å²) in [5.74, 6) is -0.665. The molecule has 0 spiro atoms. The zero-order chi connectivity index (χ0) is 11.7. The van der Waals surface area contributed by atoms with E-state index in [9.17, 15) is 9.59 Å². The second kappa shape index (κ2) is 7.60. The number of carbonyl (C=O) groups is 2. The molecule has 0 heterocycles. The molecule has 0 aromatic rings. The minimum absolute atomic E-state index is 0.124. The number of nitrogens with zero attached hydrogens (tertiary/aromatic N) is 1. The molecule has 5 N–H and O–H groups in total. The van der Waals surface area contributed by atoms with E-state index in [2.05, 4.69) is 15.8 Å². The third-order valence-electron chi connectivity index (χ3n) is 1.52. The van der Waals surface area contributed by atoms with Crippen LogP contribution in [0.1, 0.15) is 19.8 Å². The van der Waals surface area contributed by atoms with Gasteiger partial charge in [-0.2, -0.15) is 0 Å². The van der Waals surface area contributed by atoms with Crippen LogP contribution in [0.15, 0.2) is 5.16 Å². The number of amides is 2. The minimum Gasteiger partial charge on any atom is -0.409 e. The van der Waals surface area contributed by atoms with Crippen LogP contribution in [0.5, 0.6) is 0 Å². The standard InChI is InChI=1S/C8H16N4O3/c1-2-10-7(13)3-4-11-8(14)5-6(9)12-15/h15H,2-5H2,1H3,(H2,9,12)(H,10,13)(H,11,14). The summed E-state index contributed by atoms with van der Waals surface area (Å²) in [7, 11) is 0. The van der Waals surface area contributed by atoms with E-state index in [0.29, 0.717) is 6.54 Å². The predicted molar refractivity (Wildman–Crippen MR) is 54.3 cm³/mol. The largest absolute Gasteiger partial charge is 0.409 e. The average molecular weight is 216 g/mol. The predicted octanol–water partition coefficient (Wildman–Crippen LogP) is -1.23. The third-order valence-corrected chi connectivity index (χ3v) is 1.52. The first kappa shape index (κ1) is 13.2. The van der Waals surface area contributed by atoms with Crippen LogP contribution in [0.3, 0.4) is 0 Å². The van der Waals surface area contributed by atoms with Gasteiger partial charge in [-0.3, -0.25) is 9.59 Å². The Morgan fingerprint density at radius 3 is 2.53 bits per heavy atom. The smallest absolute Gasteiger partial charge is 0.227 e. The van der Waals surface area contributed by atoms with Crippen molar-refractivity contribution < 1.29 is 14.8 Å². The summed E-state index contributed by atoms with van der Waals surface area (Å²) in [5, 5.41) is 15.9. The van der Waals surface area contributed by atoms with Gasteiger partial charge in [0.25, 0.3) is 0 Å². The van der Waals surface area contributed by atoms with Gasteiger partial charge in [-0.05, 0) is 6.92 Å². The van der Waals surface area contributed by atoms with Crippen LogP contribution in [0.4, 0.5) is 0 Å². The molecule has 0 saturated heterocycles. The summed E-state index contributed by atoms with van der Waals surface area (Å²) in [4.78, 5) is 22.0. The van der Waals surface area contributed by atoms with Gasteiger partial charge in [0.15, 0.2) is 0 Å². The Labute approximate surface area is 87.7 Å². The Morgan fingerprint density at radius 2 is 2.00 bits per heavy atom. The van der Waals surface area contributed by atoms with Crippen LogP contribution in [0.25, 0.3) is 0 Å². The maximum atomic E-state index is 11.0. The second-order valence-electron chi connectivity index (χ2n) is 2.82. The fourth-order valence-corrected chi connectivity index (χ4v) is 0.863. The number of hydrogen-bond acceptors (Lipinski definition) is 4. The van der Waals surface area contributed by atoms with Crippen LogP contribution >= 0.6 is 0 Å². The number of oxime groups is 1. The molecule has 0 aliphatic heterocycles. The van der Waals surface area contributed by atoms with Gasteiger partial charge in [0.05, 0.1) is 6.42 Å². The molecule has 0 aromatic carbocycles. The first-order valence-electron chi connectivity index (χ1n) is 4.60. The Kier molecular flexibility index (Phi) is 6.69. The van der Waals surface area contributed by atoms with Crippen molar-refractivity contribution in [1.82, 2.24) is 10.6 Å². The van der Waals surface area contributed by atoms with Gasteiger partial charge in [-0.15, -0.1) is 0 Å². The molecule has 0 aromatic heterocycles. The molecule has 0 saturated carbocycles. The van der Waals surface area contributed by atoms with Crippen molar-refractivity contribution in [2.75, 3.05) is 13.1 Å². The fourth-order valence-electron chi connectivity index (χ4n) is 0.863. The van der Waals surface area contributed by atoms with Crippen molar-refractivity contribution in [2.45, 2.75) is 19.8 Å². The van der Waals surface area contributed by atoms with Crippen LogP contribution in [0, 0.1) is 0 Å². The fraction of sp³-hybridized carbons (Fsp3) is 0.625. The molecule has 0 fully saturated rings. The Morgan fingerprint density at radius 1 is 1.33 bits per heavy atom. The topological polar surface area (TPSA) is 117 Å². The van der Waals surface area contributed by atoms with Crippen LogP contribution < -0.4 is 16.4 Å². The first-order valence-corrected chi connectivity index (χ1v) is 4.60. The molecule has 0 radical (unpaired) electrons. The Bertz CT molecular complexity index is 252. The summed E-state index contributed by atoms with van der Waals surface area (Å²) in [6, 6.07) is 0. The second-order valence-corrected chi connectivity index (χ2v) is 2.82. The van der Waals surface area contributed by atoms with Crippen molar-refractivity contribution >= 4 is 17.6 Å². The van der Waals surface area contributed by atoms with Crippen molar-refractivity contribution in [3.63, 3.8) is 0 Å². The Balaban J connectivity index is 3.59. The van der Waals surface area contributed by atoms with Gasteiger partial charge in [-0.25, -0.2) is 0 Å². The summed E-state index contributed by atoms with van der Waals surface area (Å²) in [6.07, 6.45) is 0.0433. The van der Waals surface area contributed by atoms with Gasteiger partial charge < -0.3 is 21.6 Å². The SMILES string of the molecule is CCNC(=O)CCNC(=O)CC(N)=NO. The van der Waals surface area contributed by atoms with Crippen molar-refractivity contribution in [2.24, 2.45) is 10.9 Å². The molecule has 2 amide bonds. The number of rotatable bonds is 6. The van der Waals surface area contributed by atoms with E-state index in [4.69, 9.17) is 10.9 Å². The number of nitrogens with one attached hydrogen (secondary N) is 2. The molecule has 0 rings (SSSR count). The monoisotopic (exact) mass is 216 g/mol. The lowest BCUT2D eigenvalue weighted by molar-refractivity contribution is -0.121. The third kappa shape index (κ3) is 7.29. The molecular formula is C8H16N4O3. The normalized spacial score (nSPS) is 10.9. The zero-order valence-corrected chi connectivity index (χ0v) is 8.62. The summed E-state index contributed by atoms with van der Waals surface area (Å²) in [5.41, 5.74) is 5.11. The van der Waals surface area contributed by atoms with E-state index in [0.717, 1.165) is 0 Å². The zero-order valence-electron chi connectivity index (χ0n) is 8.62. The van der Waals surface area contributed by atoms with E-state index >= 15 is 0 Å². The van der Waals surface area contributed by atoms with E-state index < -0.39 is 0 Å². The number of carbonyl (C=O) groups excluding carboxylic acids is 2. The van der Waals surface area contributed by atoms with Gasteiger partial charge in [0.2, 0.25) is 11.8 Å². The lowest BCUT2D eigenvalue weighted by atomic mass is 10.3. The molecular weight excluding hydrogens is 200 g/mol. The van der Waals surface area contributed by atoms with E-state index in [1.807, 2.05) is 6.92 Å². The Hall–Kier alpha value is -1.79. The van der Waals surface area contributed by atoms with Gasteiger partial charge >= 0.3 is 0 Å². The van der Waals surface area contributed by atoms with Crippen molar-refractivity contribution in [1.29, 1.82) is 0 Å². The maximum Gasteiger partial charge on any atom is 0.227 e. The van der Waals surface area contributed by atoms with Crippen molar-refractivity contribution in [3.8, 4) is 0 Å². The molecule has 0 unspecified atom stereocenters.